The Balaban J connectivity index is 1.35. The molecule has 0 aliphatic rings. The lowest BCUT2D eigenvalue weighted by Crippen LogP contribution is -1.96. The topological polar surface area (TPSA) is 25.8 Å². The summed E-state index contributed by atoms with van der Waals surface area (Å²) in [7, 11) is 0. The number of hydrogen-bond donors (Lipinski definition) is 0. The number of aromatic nitrogens is 2. The van der Waals surface area contributed by atoms with Crippen LogP contribution >= 0.6 is 11.3 Å². The lowest BCUT2D eigenvalue weighted by Gasteiger charge is -2.15. The van der Waals surface area contributed by atoms with Crippen LogP contribution in [-0.2, 0) is 0 Å². The maximum absolute atomic E-state index is 5.21. The first kappa shape index (κ1) is 27.4. The van der Waals surface area contributed by atoms with Crippen molar-refractivity contribution in [1.29, 1.82) is 0 Å². The summed E-state index contributed by atoms with van der Waals surface area (Å²) in [5, 5.41) is 5.13. The molecule has 9 aromatic rings. The number of benzene rings is 7. The summed E-state index contributed by atoms with van der Waals surface area (Å²) in [6.07, 6.45) is 0. The zero-order valence-corrected chi connectivity index (χ0v) is 26.3. The minimum Gasteiger partial charge on any atom is -0.228 e. The van der Waals surface area contributed by atoms with Crippen LogP contribution < -0.4 is 0 Å². The van der Waals surface area contributed by atoms with E-state index in [4.69, 9.17) is 9.97 Å². The van der Waals surface area contributed by atoms with E-state index in [-0.39, 0.29) is 0 Å². The lowest BCUT2D eigenvalue weighted by molar-refractivity contribution is 1.18. The molecule has 0 saturated carbocycles. The number of rotatable bonds is 5. The van der Waals surface area contributed by atoms with Crippen LogP contribution in [0.1, 0.15) is 0 Å². The molecule has 0 bridgehead atoms. The van der Waals surface area contributed by atoms with Crippen LogP contribution in [0, 0.1) is 0 Å². The highest BCUT2D eigenvalue weighted by Gasteiger charge is 2.18. The van der Waals surface area contributed by atoms with Gasteiger partial charge in [-0.3, -0.25) is 0 Å². The molecule has 47 heavy (non-hydrogen) atoms. The fraction of sp³-hybridized carbons (Fsp3) is 0. The predicted octanol–water partition coefficient (Wildman–Crippen LogP) is 12.3. The fourth-order valence-corrected chi connectivity index (χ4v) is 7.85. The van der Waals surface area contributed by atoms with Crippen molar-refractivity contribution < 1.29 is 0 Å². The molecule has 2 nitrogen and oxygen atoms in total. The Morgan fingerprint density at radius 2 is 0.936 bits per heavy atom. The van der Waals surface area contributed by atoms with E-state index < -0.39 is 0 Å². The summed E-state index contributed by atoms with van der Waals surface area (Å²) in [4.78, 5) is 10.3. The van der Waals surface area contributed by atoms with Gasteiger partial charge in [0.05, 0.1) is 11.4 Å². The highest BCUT2D eigenvalue weighted by Crippen LogP contribution is 2.45. The molecule has 7 aromatic carbocycles. The number of hydrogen-bond acceptors (Lipinski definition) is 3. The van der Waals surface area contributed by atoms with Gasteiger partial charge in [0.1, 0.15) is 0 Å². The van der Waals surface area contributed by atoms with Gasteiger partial charge in [-0.1, -0.05) is 133 Å². The molecular formula is C44H28N2S. The summed E-state index contributed by atoms with van der Waals surface area (Å²) in [6, 6.07) is 60.3. The summed E-state index contributed by atoms with van der Waals surface area (Å²) < 4.78 is 2.63. The summed E-state index contributed by atoms with van der Waals surface area (Å²) in [5.74, 6) is 0.713. The highest BCUT2D eigenvalue weighted by atomic mass is 32.1. The summed E-state index contributed by atoms with van der Waals surface area (Å²) in [5.41, 5.74) is 9.63. The van der Waals surface area contributed by atoms with E-state index in [1.54, 1.807) is 0 Å². The smallest absolute Gasteiger partial charge is 0.160 e. The van der Waals surface area contributed by atoms with E-state index in [0.717, 1.165) is 33.6 Å². The monoisotopic (exact) mass is 616 g/mol. The van der Waals surface area contributed by atoms with Crippen molar-refractivity contribution in [3.63, 3.8) is 0 Å². The molecule has 0 unspecified atom stereocenters. The van der Waals surface area contributed by atoms with Gasteiger partial charge in [0, 0.05) is 36.9 Å². The van der Waals surface area contributed by atoms with Crippen LogP contribution in [-0.4, -0.2) is 9.97 Å². The van der Waals surface area contributed by atoms with Crippen molar-refractivity contribution in [3.8, 4) is 56.2 Å². The van der Waals surface area contributed by atoms with Gasteiger partial charge in [-0.05, 0) is 69.4 Å². The molecule has 0 radical (unpaired) electrons. The number of thiophene rings is 1. The standard InChI is InChI=1S/C44H28N2S/c1-4-14-29(15-5-1)33-24-34(38-27-32-20-10-11-21-36(32)43-42(38)37-22-12-13-23-41(37)47-43)26-35(25-33)40-28-39(30-16-6-2-7-17-30)45-44(46-40)31-18-8-3-9-19-31/h1-28H. The fourth-order valence-electron chi connectivity index (χ4n) is 6.58. The summed E-state index contributed by atoms with van der Waals surface area (Å²) >= 11 is 1.88. The molecule has 0 amide bonds. The average Bonchev–Trinajstić information content (AvgIpc) is 3.55. The van der Waals surface area contributed by atoms with Crippen LogP contribution in [0.3, 0.4) is 0 Å². The van der Waals surface area contributed by atoms with Crippen molar-refractivity contribution in [3.05, 3.63) is 170 Å². The van der Waals surface area contributed by atoms with Crippen LogP contribution in [0.15, 0.2) is 170 Å². The Labute approximate surface area is 277 Å². The zero-order valence-electron chi connectivity index (χ0n) is 25.5. The lowest BCUT2D eigenvalue weighted by atomic mass is 9.91. The minimum absolute atomic E-state index is 0.713. The second-order valence-electron chi connectivity index (χ2n) is 11.8. The second-order valence-corrected chi connectivity index (χ2v) is 12.9. The van der Waals surface area contributed by atoms with Gasteiger partial charge in [0.2, 0.25) is 0 Å². The number of fused-ring (bicyclic) bond motifs is 5. The van der Waals surface area contributed by atoms with Gasteiger partial charge in [0.15, 0.2) is 5.82 Å². The van der Waals surface area contributed by atoms with Gasteiger partial charge in [-0.2, -0.15) is 0 Å². The third-order valence-corrected chi connectivity index (χ3v) is 10.0. The zero-order chi connectivity index (χ0) is 31.2. The van der Waals surface area contributed by atoms with E-state index in [0.29, 0.717) is 5.82 Å². The van der Waals surface area contributed by atoms with Gasteiger partial charge in [-0.25, -0.2) is 9.97 Å². The largest absolute Gasteiger partial charge is 0.228 e. The molecule has 0 spiro atoms. The molecule has 0 aliphatic carbocycles. The van der Waals surface area contributed by atoms with Crippen molar-refractivity contribution >= 4 is 42.3 Å². The average molecular weight is 617 g/mol. The van der Waals surface area contributed by atoms with Crippen molar-refractivity contribution in [2.45, 2.75) is 0 Å². The Morgan fingerprint density at radius 3 is 1.68 bits per heavy atom. The van der Waals surface area contributed by atoms with Crippen molar-refractivity contribution in [2.75, 3.05) is 0 Å². The van der Waals surface area contributed by atoms with Crippen LogP contribution in [0.4, 0.5) is 0 Å². The van der Waals surface area contributed by atoms with E-state index >= 15 is 0 Å². The Morgan fingerprint density at radius 1 is 0.383 bits per heavy atom. The molecule has 9 rings (SSSR count). The Hall–Kier alpha value is -5.90. The van der Waals surface area contributed by atoms with Gasteiger partial charge in [-0.15, -0.1) is 11.3 Å². The maximum Gasteiger partial charge on any atom is 0.160 e. The number of nitrogens with zero attached hydrogens (tertiary/aromatic N) is 2. The van der Waals surface area contributed by atoms with Gasteiger partial charge in [0.25, 0.3) is 0 Å². The van der Waals surface area contributed by atoms with Crippen LogP contribution in [0.5, 0.6) is 0 Å². The third kappa shape index (κ3) is 4.98. The first-order valence-corrected chi connectivity index (χ1v) is 16.6. The van der Waals surface area contributed by atoms with E-state index in [2.05, 4.69) is 146 Å². The molecule has 0 N–H and O–H groups in total. The first-order valence-electron chi connectivity index (χ1n) is 15.8. The van der Waals surface area contributed by atoms with Gasteiger partial charge >= 0.3 is 0 Å². The third-order valence-electron chi connectivity index (χ3n) is 8.84. The second kappa shape index (κ2) is 11.5. The minimum atomic E-state index is 0.713. The molecular weight excluding hydrogens is 589 g/mol. The highest BCUT2D eigenvalue weighted by molar-refractivity contribution is 7.26. The van der Waals surface area contributed by atoms with E-state index in [1.807, 2.05) is 35.6 Å². The molecule has 0 aliphatic heterocycles. The maximum atomic E-state index is 5.21. The molecule has 2 heterocycles. The molecule has 220 valence electrons. The first-order chi connectivity index (χ1) is 23.3. The summed E-state index contributed by atoms with van der Waals surface area (Å²) in [6.45, 7) is 0. The van der Waals surface area contributed by atoms with Crippen LogP contribution in [0.25, 0.3) is 87.1 Å². The quantitative estimate of drug-likeness (QED) is 0.192. The van der Waals surface area contributed by atoms with E-state index in [1.165, 1.54) is 47.6 Å². The van der Waals surface area contributed by atoms with Crippen molar-refractivity contribution in [2.24, 2.45) is 0 Å². The molecule has 3 heteroatoms. The van der Waals surface area contributed by atoms with Gasteiger partial charge < -0.3 is 0 Å². The van der Waals surface area contributed by atoms with Crippen molar-refractivity contribution in [1.82, 2.24) is 9.97 Å². The molecule has 0 saturated heterocycles. The van der Waals surface area contributed by atoms with Crippen LogP contribution in [0.2, 0.25) is 0 Å². The predicted molar refractivity (Wildman–Crippen MR) is 200 cm³/mol. The normalized spacial score (nSPS) is 11.4. The SMILES string of the molecule is c1ccc(-c2cc(-c3cc(-c4ccccc4)nc(-c4ccccc4)n3)cc(-c3cc4ccccc4c4sc5ccccc5c34)c2)cc1. The molecule has 0 atom stereocenters. The Bertz CT molecular complexity index is 2500. The van der Waals surface area contributed by atoms with E-state index in [9.17, 15) is 0 Å². The Kier molecular flexibility index (Phi) is 6.69. The molecule has 2 aromatic heterocycles. The molecule has 0 fully saturated rings.